The maximum atomic E-state index is 14.2. The molecule has 2 aromatic carbocycles. The first-order chi connectivity index (χ1) is 22.7. The number of aliphatic hydroxyl groups is 1. The van der Waals surface area contributed by atoms with Crippen molar-refractivity contribution in [3.05, 3.63) is 48.0 Å². The van der Waals surface area contributed by atoms with Crippen LogP contribution in [0.3, 0.4) is 0 Å². The number of rotatable bonds is 9. The van der Waals surface area contributed by atoms with Crippen molar-refractivity contribution in [2.45, 2.75) is 77.3 Å². The van der Waals surface area contributed by atoms with Gasteiger partial charge in [-0.05, 0) is 75.6 Å². The monoisotopic (exact) mass is 680 g/mol. The van der Waals surface area contributed by atoms with E-state index in [1.807, 2.05) is 13.8 Å². The third-order valence-electron chi connectivity index (χ3n) is 8.11. The quantitative estimate of drug-likeness (QED) is 0.299. The van der Waals surface area contributed by atoms with Gasteiger partial charge in [0.25, 0.3) is 5.91 Å². The number of likely N-dealkylation sites (N-methyl/N-ethyl adjacent to an activating group) is 1. The topological polar surface area (TPSA) is 130 Å². The number of alkyl halides is 3. The average Bonchev–Trinajstić information content (AvgIpc) is 3.05. The van der Waals surface area contributed by atoms with Crippen LogP contribution in [0.2, 0.25) is 0 Å². The molecular weight excluding hydrogens is 633 g/mol. The number of amides is 4. The summed E-state index contributed by atoms with van der Waals surface area (Å²) >= 11 is 0. The van der Waals surface area contributed by atoms with E-state index in [0.29, 0.717) is 24.5 Å². The predicted molar refractivity (Wildman–Crippen MR) is 175 cm³/mol. The van der Waals surface area contributed by atoms with Gasteiger partial charge in [-0.2, -0.15) is 13.2 Å². The van der Waals surface area contributed by atoms with Crippen molar-refractivity contribution < 1.29 is 46.9 Å². The first-order valence-electron chi connectivity index (χ1n) is 16.1. The van der Waals surface area contributed by atoms with E-state index in [1.54, 1.807) is 45.3 Å². The minimum atomic E-state index is -4.48. The number of carbonyl (C=O) groups is 3. The highest BCUT2D eigenvalue weighted by molar-refractivity contribution is 5.99. The van der Waals surface area contributed by atoms with Crippen LogP contribution in [0.4, 0.5) is 29.3 Å². The molecule has 0 bridgehead atoms. The highest BCUT2D eigenvalue weighted by Gasteiger charge is 2.32. The minimum absolute atomic E-state index is 0.0912. The molecule has 3 N–H and O–H groups in total. The zero-order valence-electron chi connectivity index (χ0n) is 28.1. The number of benzene rings is 2. The van der Waals surface area contributed by atoms with Crippen LogP contribution in [0.25, 0.3) is 0 Å². The van der Waals surface area contributed by atoms with Gasteiger partial charge < -0.3 is 39.8 Å². The van der Waals surface area contributed by atoms with Gasteiger partial charge in [-0.3, -0.25) is 9.59 Å². The number of hydrogen-bond acceptors (Lipinski definition) is 7. The summed E-state index contributed by atoms with van der Waals surface area (Å²) in [6.45, 7) is 5.86. The van der Waals surface area contributed by atoms with Crippen LogP contribution in [0.5, 0.6) is 11.5 Å². The van der Waals surface area contributed by atoms with Crippen LogP contribution in [0.15, 0.2) is 42.5 Å². The number of anilines is 2. The summed E-state index contributed by atoms with van der Waals surface area (Å²) in [5.74, 6) is -0.744. The van der Waals surface area contributed by atoms with Crippen molar-refractivity contribution in [2.24, 2.45) is 5.92 Å². The lowest BCUT2D eigenvalue weighted by Gasteiger charge is -2.35. The lowest BCUT2D eigenvalue weighted by molar-refractivity contribution is -0.142. The van der Waals surface area contributed by atoms with Crippen LogP contribution in [0.1, 0.15) is 63.2 Å². The molecule has 0 saturated heterocycles. The lowest BCUT2D eigenvalue weighted by atomic mass is 10.0. The fourth-order valence-electron chi connectivity index (χ4n) is 5.19. The van der Waals surface area contributed by atoms with Gasteiger partial charge in [0.2, 0.25) is 5.91 Å². The summed E-state index contributed by atoms with van der Waals surface area (Å²) in [6, 6.07) is 10.3. The van der Waals surface area contributed by atoms with E-state index in [0.717, 1.165) is 12.8 Å². The van der Waals surface area contributed by atoms with Crippen molar-refractivity contribution in [1.29, 1.82) is 0 Å². The Balaban J connectivity index is 1.86. The fourth-order valence-corrected chi connectivity index (χ4v) is 5.19. The smallest absolute Gasteiger partial charge is 0.389 e. The maximum Gasteiger partial charge on any atom is 0.389 e. The fraction of sp³-hybridized carbons (Fsp3) is 0.559. The standard InChI is InChI=1S/C34H47F3N4O7/c1-22-19-41(23(2)21-42)32(44)28-18-26(38-31(43)15-16-34(35,36)37)11-14-29(28)48-24(3)8-6-7-17-47-30(22)20-40(4)33(45)39-25-9-12-27(46-5)13-10-25/h9-14,18,22-24,30,42H,6-8,15-17,19-21H2,1-5H3,(H,38,43)(H,39,45)/t22-,23+,24+,30-/m0/s1. The molecule has 266 valence electrons. The van der Waals surface area contributed by atoms with Crippen molar-refractivity contribution in [3.63, 3.8) is 0 Å². The number of fused-ring (bicyclic) bond motifs is 1. The molecule has 14 heteroatoms. The summed E-state index contributed by atoms with van der Waals surface area (Å²) in [4.78, 5) is 42.5. The van der Waals surface area contributed by atoms with Gasteiger partial charge in [-0.15, -0.1) is 0 Å². The molecule has 0 unspecified atom stereocenters. The molecule has 0 fully saturated rings. The van der Waals surface area contributed by atoms with Crippen LogP contribution < -0.4 is 20.1 Å². The molecule has 48 heavy (non-hydrogen) atoms. The summed E-state index contributed by atoms with van der Waals surface area (Å²) in [7, 11) is 3.21. The molecule has 0 radical (unpaired) electrons. The predicted octanol–water partition coefficient (Wildman–Crippen LogP) is 5.94. The Bertz CT molecular complexity index is 1360. The molecule has 2 aromatic rings. The number of urea groups is 1. The summed E-state index contributed by atoms with van der Waals surface area (Å²) in [6.07, 6.45) is -5.15. The number of ether oxygens (including phenoxy) is 3. The van der Waals surface area contributed by atoms with Crippen molar-refractivity contribution in [2.75, 3.05) is 51.1 Å². The molecule has 0 aliphatic carbocycles. The van der Waals surface area contributed by atoms with Gasteiger partial charge in [0, 0.05) is 50.5 Å². The second-order valence-electron chi connectivity index (χ2n) is 12.2. The number of aliphatic hydroxyl groups excluding tert-OH is 1. The Morgan fingerprint density at radius 1 is 1.10 bits per heavy atom. The number of carbonyl (C=O) groups excluding carboxylic acids is 3. The Morgan fingerprint density at radius 2 is 1.79 bits per heavy atom. The summed E-state index contributed by atoms with van der Waals surface area (Å²) in [5, 5.41) is 15.4. The van der Waals surface area contributed by atoms with Crippen LogP contribution in [-0.2, 0) is 9.53 Å². The Labute approximate surface area is 279 Å². The van der Waals surface area contributed by atoms with Gasteiger partial charge >= 0.3 is 12.2 Å². The molecule has 3 rings (SSSR count). The van der Waals surface area contributed by atoms with Gasteiger partial charge in [-0.1, -0.05) is 6.92 Å². The molecule has 11 nitrogen and oxygen atoms in total. The average molecular weight is 681 g/mol. The number of nitrogens with zero attached hydrogens (tertiary/aromatic N) is 2. The highest BCUT2D eigenvalue weighted by Crippen LogP contribution is 2.29. The van der Waals surface area contributed by atoms with E-state index in [1.165, 1.54) is 28.0 Å². The Hall–Kier alpha value is -4.04. The zero-order valence-corrected chi connectivity index (χ0v) is 28.1. The molecular formula is C34H47F3N4O7. The number of methoxy groups -OCH3 is 1. The van der Waals surface area contributed by atoms with E-state index in [-0.39, 0.29) is 54.7 Å². The summed E-state index contributed by atoms with van der Waals surface area (Å²) < 4.78 is 55.6. The first kappa shape index (κ1) is 38.4. The van der Waals surface area contributed by atoms with Crippen molar-refractivity contribution in [1.82, 2.24) is 9.80 Å². The molecule has 0 spiro atoms. The van der Waals surface area contributed by atoms with E-state index >= 15 is 0 Å². The molecule has 0 aromatic heterocycles. The van der Waals surface area contributed by atoms with E-state index in [4.69, 9.17) is 14.2 Å². The van der Waals surface area contributed by atoms with Gasteiger partial charge in [0.05, 0.1) is 44.0 Å². The van der Waals surface area contributed by atoms with Gasteiger partial charge in [0.1, 0.15) is 11.5 Å². The highest BCUT2D eigenvalue weighted by atomic mass is 19.4. The van der Waals surface area contributed by atoms with Crippen molar-refractivity contribution >= 4 is 29.2 Å². The number of halogens is 3. The van der Waals surface area contributed by atoms with Gasteiger partial charge in [0.15, 0.2) is 0 Å². The SMILES string of the molecule is COc1ccc(NC(=O)N(C)C[C@@H]2OCCCC[C@@H](C)Oc3ccc(NC(=O)CCC(F)(F)F)cc3C(=O)N([C@H](C)CO)C[C@@H]2C)cc1. The van der Waals surface area contributed by atoms with E-state index < -0.39 is 43.0 Å². The lowest BCUT2D eigenvalue weighted by Crippen LogP contribution is -2.48. The third-order valence-corrected chi connectivity index (χ3v) is 8.11. The second-order valence-corrected chi connectivity index (χ2v) is 12.2. The first-order valence-corrected chi connectivity index (χ1v) is 16.1. The van der Waals surface area contributed by atoms with E-state index in [2.05, 4.69) is 10.6 Å². The Morgan fingerprint density at radius 3 is 2.44 bits per heavy atom. The van der Waals surface area contributed by atoms with E-state index in [9.17, 15) is 32.7 Å². The normalized spacial score (nSPS) is 20.1. The Kier molecular flexibility index (Phi) is 14.3. The number of hydrogen-bond donors (Lipinski definition) is 3. The molecule has 0 saturated carbocycles. The second kappa shape index (κ2) is 17.9. The van der Waals surface area contributed by atoms with Crippen LogP contribution in [0, 0.1) is 5.92 Å². The molecule has 1 aliphatic heterocycles. The van der Waals surface area contributed by atoms with Crippen LogP contribution in [-0.4, -0.2) is 97.6 Å². The molecule has 4 atom stereocenters. The third kappa shape index (κ3) is 11.9. The zero-order chi connectivity index (χ0) is 35.4. The number of nitrogens with one attached hydrogen (secondary N) is 2. The van der Waals surface area contributed by atoms with Crippen molar-refractivity contribution in [3.8, 4) is 11.5 Å². The molecule has 1 aliphatic rings. The summed E-state index contributed by atoms with van der Waals surface area (Å²) in [5.41, 5.74) is 0.822. The van der Waals surface area contributed by atoms with Gasteiger partial charge in [-0.25, -0.2) is 4.79 Å². The molecule has 4 amide bonds. The largest absolute Gasteiger partial charge is 0.497 e. The van der Waals surface area contributed by atoms with Crippen LogP contribution >= 0.6 is 0 Å². The minimum Gasteiger partial charge on any atom is -0.497 e. The molecule has 1 heterocycles. The maximum absolute atomic E-state index is 14.2.